The number of carbonyl (C=O) groups excluding carboxylic acids is 2. The number of hydrogen-bond donors (Lipinski definition) is 1. The van der Waals surface area contributed by atoms with Gasteiger partial charge in [-0.2, -0.15) is 0 Å². The molecule has 7 nitrogen and oxygen atoms in total. The molecule has 0 bridgehead atoms. The molecule has 0 radical (unpaired) electrons. The number of benzene rings is 1. The molecule has 1 aromatic rings. The fraction of sp³-hybridized carbons (Fsp3) is 0.600. The monoisotopic (exact) mass is 375 g/mol. The molecule has 2 amide bonds. The van der Waals surface area contributed by atoms with E-state index in [1.807, 2.05) is 0 Å². The minimum absolute atomic E-state index is 0.106. The van der Waals surface area contributed by atoms with Crippen LogP contribution in [0.2, 0.25) is 0 Å². The van der Waals surface area contributed by atoms with Gasteiger partial charge in [-0.3, -0.25) is 9.59 Å². The van der Waals surface area contributed by atoms with E-state index >= 15 is 0 Å². The van der Waals surface area contributed by atoms with Gasteiger partial charge in [0, 0.05) is 31.7 Å². The molecule has 0 spiro atoms. The van der Waals surface area contributed by atoms with Crippen LogP contribution in [0.4, 0.5) is 0 Å². The second-order valence-electron chi connectivity index (χ2n) is 7.48. The molecule has 27 heavy (non-hydrogen) atoms. The summed E-state index contributed by atoms with van der Waals surface area (Å²) in [5.41, 5.74) is 5.95. The van der Waals surface area contributed by atoms with Crippen LogP contribution in [0.15, 0.2) is 18.2 Å². The Morgan fingerprint density at radius 2 is 1.85 bits per heavy atom. The summed E-state index contributed by atoms with van der Waals surface area (Å²) in [6.45, 7) is 3.04. The summed E-state index contributed by atoms with van der Waals surface area (Å²) >= 11 is 0. The van der Waals surface area contributed by atoms with Crippen LogP contribution >= 0.6 is 0 Å². The predicted octanol–water partition coefficient (Wildman–Crippen LogP) is 1.51. The lowest BCUT2D eigenvalue weighted by Crippen LogP contribution is -2.44. The lowest BCUT2D eigenvalue weighted by atomic mass is 9.97. The first-order chi connectivity index (χ1) is 13.0. The minimum Gasteiger partial charge on any atom is -0.493 e. The zero-order chi connectivity index (χ0) is 19.4. The maximum absolute atomic E-state index is 12.8. The fourth-order valence-corrected chi connectivity index (χ4v) is 3.76. The highest BCUT2D eigenvalue weighted by molar-refractivity contribution is 5.95. The highest BCUT2D eigenvalue weighted by Crippen LogP contribution is 2.31. The molecule has 0 saturated carbocycles. The third-order valence-electron chi connectivity index (χ3n) is 5.48. The molecule has 2 aliphatic rings. The normalized spacial score (nSPS) is 21.7. The summed E-state index contributed by atoms with van der Waals surface area (Å²) < 4.78 is 11.6. The van der Waals surface area contributed by atoms with Crippen molar-refractivity contribution in [3.05, 3.63) is 23.8 Å². The van der Waals surface area contributed by atoms with Crippen molar-refractivity contribution in [1.29, 1.82) is 0 Å². The molecule has 1 unspecified atom stereocenters. The largest absolute Gasteiger partial charge is 0.493 e. The van der Waals surface area contributed by atoms with Gasteiger partial charge in [0.1, 0.15) is 6.10 Å². The van der Waals surface area contributed by atoms with Gasteiger partial charge in [-0.05, 0) is 50.9 Å². The third-order valence-corrected chi connectivity index (χ3v) is 5.48. The van der Waals surface area contributed by atoms with Gasteiger partial charge < -0.3 is 25.0 Å². The molecular weight excluding hydrogens is 346 g/mol. The molecule has 1 aromatic carbocycles. The molecular formula is C20H29N3O4. The van der Waals surface area contributed by atoms with E-state index in [1.165, 1.54) is 0 Å². The first-order valence-corrected chi connectivity index (χ1v) is 9.59. The van der Waals surface area contributed by atoms with Gasteiger partial charge in [0.05, 0.1) is 13.0 Å². The molecule has 0 aromatic heterocycles. The quantitative estimate of drug-likeness (QED) is 0.843. The average molecular weight is 375 g/mol. The molecule has 1 atom stereocenters. The number of rotatable bonds is 5. The van der Waals surface area contributed by atoms with Gasteiger partial charge >= 0.3 is 0 Å². The summed E-state index contributed by atoms with van der Waals surface area (Å²) in [6, 6.07) is 5.30. The zero-order valence-corrected chi connectivity index (χ0v) is 16.1. The highest BCUT2D eigenvalue weighted by atomic mass is 16.5. The molecule has 2 saturated heterocycles. The summed E-state index contributed by atoms with van der Waals surface area (Å²) in [6.07, 6.45) is 3.64. The number of amides is 2. The van der Waals surface area contributed by atoms with Crippen molar-refractivity contribution in [3.63, 3.8) is 0 Å². The Morgan fingerprint density at radius 3 is 2.52 bits per heavy atom. The standard InChI is InChI=1S/C20H29N3O4/c1-22-10-7-16(8-11-22)27-17-6-5-14(12-18(17)26-2)20(25)23-9-3-4-15(13-23)19(21)24/h5-6,12,15-16H,3-4,7-11,13H2,1-2H3,(H2,21,24). The van der Waals surface area contributed by atoms with Gasteiger partial charge in [0.15, 0.2) is 11.5 Å². The topological polar surface area (TPSA) is 85.1 Å². The fourth-order valence-electron chi connectivity index (χ4n) is 3.76. The van der Waals surface area contributed by atoms with Crippen LogP contribution in [-0.4, -0.2) is 68.1 Å². The summed E-state index contributed by atoms with van der Waals surface area (Å²) in [5.74, 6) is 0.508. The van der Waals surface area contributed by atoms with E-state index in [2.05, 4.69) is 11.9 Å². The van der Waals surface area contributed by atoms with Crippen LogP contribution in [0.3, 0.4) is 0 Å². The third kappa shape index (κ3) is 4.71. The summed E-state index contributed by atoms with van der Waals surface area (Å²) in [4.78, 5) is 28.3. The molecule has 2 heterocycles. The Kier molecular flexibility index (Phi) is 6.21. The first-order valence-electron chi connectivity index (χ1n) is 9.59. The van der Waals surface area contributed by atoms with Gasteiger partial charge in [0.25, 0.3) is 5.91 Å². The Balaban J connectivity index is 1.69. The van der Waals surface area contributed by atoms with Gasteiger partial charge in [-0.1, -0.05) is 0 Å². The van der Waals surface area contributed by atoms with E-state index in [4.69, 9.17) is 15.2 Å². The van der Waals surface area contributed by atoms with Gasteiger partial charge in [-0.25, -0.2) is 0 Å². The molecule has 2 fully saturated rings. The molecule has 7 heteroatoms. The van der Waals surface area contributed by atoms with E-state index in [-0.39, 0.29) is 23.8 Å². The van der Waals surface area contributed by atoms with Crippen molar-refractivity contribution < 1.29 is 19.1 Å². The van der Waals surface area contributed by atoms with Crippen molar-refractivity contribution in [2.75, 3.05) is 40.3 Å². The van der Waals surface area contributed by atoms with E-state index < -0.39 is 0 Å². The number of nitrogens with zero attached hydrogens (tertiary/aromatic N) is 2. The van der Waals surface area contributed by atoms with Crippen LogP contribution in [0, 0.1) is 5.92 Å². The van der Waals surface area contributed by atoms with Crippen molar-refractivity contribution >= 4 is 11.8 Å². The number of likely N-dealkylation sites (tertiary alicyclic amines) is 2. The molecule has 148 valence electrons. The van der Waals surface area contributed by atoms with Crippen molar-refractivity contribution in [2.24, 2.45) is 11.7 Å². The molecule has 2 aliphatic heterocycles. The number of piperidine rings is 2. The Bertz CT molecular complexity index is 686. The Morgan fingerprint density at radius 1 is 1.11 bits per heavy atom. The molecule has 0 aliphatic carbocycles. The number of nitrogens with two attached hydrogens (primary N) is 1. The molecule has 3 rings (SSSR count). The number of ether oxygens (including phenoxy) is 2. The first kappa shape index (κ1) is 19.5. The van der Waals surface area contributed by atoms with E-state index in [1.54, 1.807) is 30.2 Å². The Labute approximate surface area is 160 Å². The molecule has 2 N–H and O–H groups in total. The van der Waals surface area contributed by atoms with Crippen molar-refractivity contribution in [1.82, 2.24) is 9.80 Å². The average Bonchev–Trinajstić information content (AvgIpc) is 2.69. The predicted molar refractivity (Wildman–Crippen MR) is 102 cm³/mol. The maximum Gasteiger partial charge on any atom is 0.254 e. The number of methoxy groups -OCH3 is 1. The van der Waals surface area contributed by atoms with Crippen LogP contribution in [0.5, 0.6) is 11.5 Å². The lowest BCUT2D eigenvalue weighted by Gasteiger charge is -2.31. The van der Waals surface area contributed by atoms with Crippen molar-refractivity contribution in [2.45, 2.75) is 31.8 Å². The van der Waals surface area contributed by atoms with Crippen LogP contribution < -0.4 is 15.2 Å². The van der Waals surface area contributed by atoms with E-state index in [0.717, 1.165) is 38.8 Å². The second-order valence-corrected chi connectivity index (χ2v) is 7.48. The van der Waals surface area contributed by atoms with Gasteiger partial charge in [-0.15, -0.1) is 0 Å². The van der Waals surface area contributed by atoms with Crippen LogP contribution in [-0.2, 0) is 4.79 Å². The smallest absolute Gasteiger partial charge is 0.254 e. The number of carbonyl (C=O) groups is 2. The summed E-state index contributed by atoms with van der Waals surface area (Å²) in [5, 5.41) is 0. The zero-order valence-electron chi connectivity index (χ0n) is 16.1. The number of hydrogen-bond acceptors (Lipinski definition) is 5. The minimum atomic E-state index is -0.341. The maximum atomic E-state index is 12.8. The van der Waals surface area contributed by atoms with E-state index in [0.29, 0.717) is 30.2 Å². The second kappa shape index (κ2) is 8.61. The van der Waals surface area contributed by atoms with Crippen LogP contribution in [0.1, 0.15) is 36.0 Å². The van der Waals surface area contributed by atoms with Crippen LogP contribution in [0.25, 0.3) is 0 Å². The SMILES string of the molecule is COc1cc(C(=O)N2CCCC(C(N)=O)C2)ccc1OC1CCN(C)CC1. The number of primary amides is 1. The Hall–Kier alpha value is -2.28. The highest BCUT2D eigenvalue weighted by Gasteiger charge is 2.28. The van der Waals surface area contributed by atoms with E-state index in [9.17, 15) is 9.59 Å². The van der Waals surface area contributed by atoms with Gasteiger partial charge in [0.2, 0.25) is 5.91 Å². The summed E-state index contributed by atoms with van der Waals surface area (Å²) in [7, 11) is 3.69. The van der Waals surface area contributed by atoms with Crippen molar-refractivity contribution in [3.8, 4) is 11.5 Å². The lowest BCUT2D eigenvalue weighted by molar-refractivity contribution is -0.123.